The summed E-state index contributed by atoms with van der Waals surface area (Å²) in [5.41, 5.74) is 1.23. The topological polar surface area (TPSA) is 51.0 Å². The molecule has 6 heteroatoms. The van der Waals surface area contributed by atoms with E-state index in [1.165, 1.54) is 16.9 Å². The number of aromatic nitrogens is 3. The van der Waals surface area contributed by atoms with Crippen molar-refractivity contribution in [3.05, 3.63) is 70.4 Å². The Hall–Kier alpha value is -2.47. The molecular formula is C19H20N4OS. The zero-order valence-electron chi connectivity index (χ0n) is 13.9. The van der Waals surface area contributed by atoms with Crippen molar-refractivity contribution in [3.63, 3.8) is 0 Å². The summed E-state index contributed by atoms with van der Waals surface area (Å²) in [6, 6.07) is 14.1. The predicted octanol–water partition coefficient (Wildman–Crippen LogP) is 3.41. The van der Waals surface area contributed by atoms with E-state index >= 15 is 0 Å². The Kier molecular flexibility index (Phi) is 4.61. The highest BCUT2D eigenvalue weighted by atomic mass is 32.1. The van der Waals surface area contributed by atoms with E-state index in [9.17, 15) is 4.79 Å². The molecule has 4 rings (SSSR count). The molecule has 1 amide bonds. The molecule has 0 radical (unpaired) electrons. The maximum Gasteiger partial charge on any atom is 0.263 e. The maximum atomic E-state index is 12.6. The highest BCUT2D eigenvalue weighted by Gasteiger charge is 2.28. The molecule has 128 valence electrons. The van der Waals surface area contributed by atoms with Crippen molar-refractivity contribution in [2.24, 2.45) is 0 Å². The average Bonchev–Trinajstić information content (AvgIpc) is 3.34. The van der Waals surface area contributed by atoms with E-state index in [1.54, 1.807) is 6.33 Å². The van der Waals surface area contributed by atoms with Crippen molar-refractivity contribution >= 4 is 17.2 Å². The summed E-state index contributed by atoms with van der Waals surface area (Å²) in [7, 11) is 0. The maximum absolute atomic E-state index is 12.6. The van der Waals surface area contributed by atoms with E-state index in [1.807, 2.05) is 40.6 Å². The first-order chi connectivity index (χ1) is 12.3. The quantitative estimate of drug-likeness (QED) is 0.723. The minimum Gasteiger partial charge on any atom is -0.337 e. The second kappa shape index (κ2) is 7.19. The molecule has 3 heterocycles. The van der Waals surface area contributed by atoms with Crippen LogP contribution < -0.4 is 0 Å². The molecule has 0 spiro atoms. The van der Waals surface area contributed by atoms with Gasteiger partial charge in [0.2, 0.25) is 0 Å². The molecule has 1 atom stereocenters. The molecule has 0 saturated carbocycles. The van der Waals surface area contributed by atoms with Gasteiger partial charge in [0.1, 0.15) is 12.2 Å². The summed E-state index contributed by atoms with van der Waals surface area (Å²) in [4.78, 5) is 15.4. The van der Waals surface area contributed by atoms with Gasteiger partial charge in [-0.15, -0.1) is 21.5 Å². The van der Waals surface area contributed by atoms with Crippen LogP contribution >= 0.6 is 11.3 Å². The lowest BCUT2D eigenvalue weighted by atomic mass is 9.97. The van der Waals surface area contributed by atoms with Gasteiger partial charge in [-0.05, 0) is 29.9 Å². The average molecular weight is 352 g/mol. The molecule has 1 aliphatic rings. The molecule has 5 nitrogen and oxygen atoms in total. The van der Waals surface area contributed by atoms with E-state index in [0.29, 0.717) is 6.54 Å². The highest BCUT2D eigenvalue weighted by Crippen LogP contribution is 2.27. The monoisotopic (exact) mass is 352 g/mol. The third-order valence-corrected chi connectivity index (χ3v) is 5.50. The van der Waals surface area contributed by atoms with E-state index < -0.39 is 0 Å². The molecule has 1 fully saturated rings. The zero-order valence-corrected chi connectivity index (χ0v) is 14.7. The molecule has 25 heavy (non-hydrogen) atoms. The van der Waals surface area contributed by atoms with Crippen LogP contribution in [-0.2, 0) is 6.54 Å². The van der Waals surface area contributed by atoms with Gasteiger partial charge < -0.3 is 9.47 Å². The van der Waals surface area contributed by atoms with Gasteiger partial charge >= 0.3 is 0 Å². The zero-order chi connectivity index (χ0) is 17.1. The standard InChI is InChI=1S/C19H20N4OS/c24-19(17-9-5-11-25-17)22-10-4-8-16(13-22)18-21-20-14-23(18)12-15-6-2-1-3-7-15/h1-3,5-7,9,11,14,16H,4,8,10,12-13H2/t16-/m1/s1. The second-order valence-electron chi connectivity index (χ2n) is 6.37. The molecule has 0 aliphatic carbocycles. The molecule has 0 bridgehead atoms. The minimum atomic E-state index is 0.133. The number of likely N-dealkylation sites (tertiary alicyclic amines) is 1. The van der Waals surface area contributed by atoms with Crippen LogP contribution in [0.15, 0.2) is 54.2 Å². The number of amides is 1. The van der Waals surface area contributed by atoms with Crippen LogP contribution in [0, 0.1) is 0 Å². The number of hydrogen-bond acceptors (Lipinski definition) is 4. The first-order valence-electron chi connectivity index (χ1n) is 8.55. The Balaban J connectivity index is 1.50. The van der Waals surface area contributed by atoms with Gasteiger partial charge in [0.15, 0.2) is 0 Å². The SMILES string of the molecule is O=C(c1cccs1)N1CCC[C@@H](c2nncn2Cc2ccccc2)C1. The largest absolute Gasteiger partial charge is 0.337 e. The summed E-state index contributed by atoms with van der Waals surface area (Å²) in [5, 5.41) is 10.4. The number of rotatable bonds is 4. The van der Waals surface area contributed by atoms with Gasteiger partial charge in [0, 0.05) is 19.0 Å². The van der Waals surface area contributed by atoms with E-state index in [-0.39, 0.29) is 11.8 Å². The molecule has 3 aromatic rings. The minimum absolute atomic E-state index is 0.133. The van der Waals surface area contributed by atoms with Crippen LogP contribution in [0.2, 0.25) is 0 Å². The second-order valence-corrected chi connectivity index (χ2v) is 7.32. The van der Waals surface area contributed by atoms with Crippen molar-refractivity contribution in [1.29, 1.82) is 0 Å². The number of nitrogens with zero attached hydrogens (tertiary/aromatic N) is 4. The first kappa shape index (κ1) is 16.0. The van der Waals surface area contributed by atoms with Crippen LogP contribution in [0.4, 0.5) is 0 Å². The van der Waals surface area contributed by atoms with Crippen molar-refractivity contribution in [1.82, 2.24) is 19.7 Å². The molecule has 1 aliphatic heterocycles. The predicted molar refractivity (Wildman–Crippen MR) is 97.8 cm³/mol. The number of carbonyl (C=O) groups is 1. The normalized spacial score (nSPS) is 17.6. The summed E-state index contributed by atoms with van der Waals surface area (Å²) in [5.74, 6) is 1.35. The van der Waals surface area contributed by atoms with E-state index in [4.69, 9.17) is 0 Å². The summed E-state index contributed by atoms with van der Waals surface area (Å²) in [6.07, 6.45) is 3.84. The van der Waals surface area contributed by atoms with Gasteiger partial charge in [-0.2, -0.15) is 0 Å². The lowest BCUT2D eigenvalue weighted by Gasteiger charge is -2.32. The fourth-order valence-corrected chi connectivity index (χ4v) is 4.10. The van der Waals surface area contributed by atoms with Gasteiger partial charge in [-0.25, -0.2) is 0 Å². The molecule has 2 aromatic heterocycles. The van der Waals surface area contributed by atoms with Crippen LogP contribution in [0.1, 0.15) is 39.8 Å². The van der Waals surface area contributed by atoms with Crippen molar-refractivity contribution in [2.45, 2.75) is 25.3 Å². The summed E-state index contributed by atoms with van der Waals surface area (Å²) >= 11 is 1.50. The lowest BCUT2D eigenvalue weighted by Crippen LogP contribution is -2.39. The Morgan fingerprint density at radius 1 is 1.20 bits per heavy atom. The van der Waals surface area contributed by atoms with Crippen molar-refractivity contribution in [3.8, 4) is 0 Å². The number of carbonyl (C=O) groups excluding carboxylic acids is 1. The van der Waals surface area contributed by atoms with E-state index in [2.05, 4.69) is 26.9 Å². The molecular weight excluding hydrogens is 332 g/mol. The molecule has 0 N–H and O–H groups in total. The Bertz CT molecular complexity index is 828. The third-order valence-electron chi connectivity index (χ3n) is 4.65. The lowest BCUT2D eigenvalue weighted by molar-refractivity contribution is 0.0708. The van der Waals surface area contributed by atoms with Gasteiger partial charge in [0.05, 0.1) is 11.4 Å². The van der Waals surface area contributed by atoms with Crippen molar-refractivity contribution < 1.29 is 4.79 Å². The first-order valence-corrected chi connectivity index (χ1v) is 9.43. The van der Waals surface area contributed by atoms with Gasteiger partial charge in [-0.3, -0.25) is 4.79 Å². The van der Waals surface area contributed by atoms with E-state index in [0.717, 1.165) is 36.6 Å². The smallest absolute Gasteiger partial charge is 0.263 e. The fourth-order valence-electron chi connectivity index (χ4n) is 3.41. The Morgan fingerprint density at radius 3 is 2.88 bits per heavy atom. The molecule has 0 unspecified atom stereocenters. The highest BCUT2D eigenvalue weighted by molar-refractivity contribution is 7.12. The van der Waals surface area contributed by atoms with Crippen LogP contribution in [0.3, 0.4) is 0 Å². The van der Waals surface area contributed by atoms with Gasteiger partial charge in [0.25, 0.3) is 5.91 Å². The number of benzene rings is 1. The van der Waals surface area contributed by atoms with Crippen LogP contribution in [0.5, 0.6) is 0 Å². The summed E-state index contributed by atoms with van der Waals surface area (Å²) in [6.45, 7) is 2.29. The number of hydrogen-bond donors (Lipinski definition) is 0. The van der Waals surface area contributed by atoms with Crippen LogP contribution in [-0.4, -0.2) is 38.7 Å². The Labute approximate surface area is 150 Å². The summed E-state index contributed by atoms with van der Waals surface area (Å²) < 4.78 is 2.11. The molecule has 1 aromatic carbocycles. The Morgan fingerprint density at radius 2 is 2.08 bits per heavy atom. The fraction of sp³-hybridized carbons (Fsp3) is 0.316. The number of thiophene rings is 1. The third kappa shape index (κ3) is 3.49. The number of piperidine rings is 1. The van der Waals surface area contributed by atoms with Crippen LogP contribution in [0.25, 0.3) is 0 Å². The molecule has 1 saturated heterocycles. The van der Waals surface area contributed by atoms with Crippen molar-refractivity contribution in [2.75, 3.05) is 13.1 Å². The van der Waals surface area contributed by atoms with Gasteiger partial charge in [-0.1, -0.05) is 36.4 Å².